The summed E-state index contributed by atoms with van der Waals surface area (Å²) in [6.45, 7) is 8.19. The van der Waals surface area contributed by atoms with Gasteiger partial charge in [-0.05, 0) is 59.7 Å². The number of hydrogen-bond donors (Lipinski definition) is 0. The average molecular weight is 615 g/mol. The van der Waals surface area contributed by atoms with Crippen LogP contribution >= 0.6 is 0 Å². The monoisotopic (exact) mass is 614 g/mol. The van der Waals surface area contributed by atoms with Gasteiger partial charge in [0.25, 0.3) is 0 Å². The number of nitrogens with zero attached hydrogens (tertiary/aromatic N) is 4. The van der Waals surface area contributed by atoms with E-state index in [1.54, 1.807) is 6.08 Å². The highest BCUT2D eigenvalue weighted by Crippen LogP contribution is 2.38. The molecule has 0 bridgehead atoms. The summed E-state index contributed by atoms with van der Waals surface area (Å²) in [5.74, 6) is 0.659. The van der Waals surface area contributed by atoms with Crippen molar-refractivity contribution in [3.05, 3.63) is 171 Å². The lowest BCUT2D eigenvalue weighted by Gasteiger charge is -2.12. The van der Waals surface area contributed by atoms with Crippen LogP contribution in [0.2, 0.25) is 0 Å². The third-order valence-corrected chi connectivity index (χ3v) is 9.23. The van der Waals surface area contributed by atoms with Crippen LogP contribution in [0.3, 0.4) is 0 Å². The molecule has 0 saturated carbocycles. The summed E-state index contributed by atoms with van der Waals surface area (Å²) in [6, 6.07) is 49.1. The fourth-order valence-electron chi connectivity index (χ4n) is 7.06. The van der Waals surface area contributed by atoms with Crippen LogP contribution in [0.4, 0.5) is 0 Å². The molecule has 4 heteroatoms. The largest absolute Gasteiger partial charge is 0.310 e. The lowest BCUT2D eigenvalue weighted by atomic mass is 10.0. The van der Waals surface area contributed by atoms with Crippen LogP contribution in [-0.4, -0.2) is 19.1 Å². The summed E-state index contributed by atoms with van der Waals surface area (Å²) < 4.78 is 4.42. The fraction of sp³-hybridized carbons (Fsp3) is 0. The fourth-order valence-corrected chi connectivity index (χ4v) is 7.06. The molecule has 4 nitrogen and oxygen atoms in total. The van der Waals surface area contributed by atoms with E-state index in [9.17, 15) is 0 Å². The molecule has 0 saturated heterocycles. The molecule has 0 atom stereocenters. The van der Waals surface area contributed by atoms with E-state index in [-0.39, 0.29) is 0 Å². The molecule has 226 valence electrons. The van der Waals surface area contributed by atoms with Gasteiger partial charge in [-0.25, -0.2) is 9.97 Å². The Bertz CT molecular complexity index is 2760. The minimum absolute atomic E-state index is 0.659. The summed E-state index contributed by atoms with van der Waals surface area (Å²) in [6.07, 6.45) is 5.70. The molecule has 9 aromatic rings. The van der Waals surface area contributed by atoms with Crippen molar-refractivity contribution in [1.82, 2.24) is 19.1 Å². The van der Waals surface area contributed by atoms with Crippen LogP contribution in [0.1, 0.15) is 0 Å². The predicted molar refractivity (Wildman–Crippen MR) is 202 cm³/mol. The molecular formula is C44H30N4. The van der Waals surface area contributed by atoms with Gasteiger partial charge in [-0.3, -0.25) is 4.57 Å². The van der Waals surface area contributed by atoms with Gasteiger partial charge >= 0.3 is 0 Å². The smallest absolute Gasteiger partial charge is 0.235 e. The van der Waals surface area contributed by atoms with Crippen molar-refractivity contribution in [1.29, 1.82) is 0 Å². The maximum absolute atomic E-state index is 5.22. The highest BCUT2D eigenvalue weighted by molar-refractivity contribution is 6.13. The minimum Gasteiger partial charge on any atom is -0.310 e. The molecule has 0 radical (unpaired) electrons. The van der Waals surface area contributed by atoms with E-state index in [4.69, 9.17) is 9.97 Å². The molecule has 0 amide bonds. The number of hydrogen-bond acceptors (Lipinski definition) is 2. The first-order valence-electron chi connectivity index (χ1n) is 16.1. The summed E-state index contributed by atoms with van der Waals surface area (Å²) >= 11 is 0. The van der Waals surface area contributed by atoms with Crippen molar-refractivity contribution >= 4 is 60.2 Å². The molecule has 0 fully saturated rings. The Labute approximate surface area is 277 Å². The first-order valence-corrected chi connectivity index (χ1v) is 16.1. The van der Waals surface area contributed by atoms with E-state index in [2.05, 4.69) is 144 Å². The molecule has 0 aliphatic rings. The number of aromatic nitrogens is 4. The van der Waals surface area contributed by atoms with Crippen LogP contribution < -0.4 is 0 Å². The van der Waals surface area contributed by atoms with Crippen molar-refractivity contribution in [2.24, 2.45) is 0 Å². The molecular weight excluding hydrogens is 585 g/mol. The van der Waals surface area contributed by atoms with Crippen LogP contribution in [0, 0.1) is 0 Å². The highest BCUT2D eigenvalue weighted by atomic mass is 15.2. The van der Waals surface area contributed by atoms with Crippen molar-refractivity contribution in [3.8, 4) is 28.3 Å². The number of rotatable bonds is 6. The van der Waals surface area contributed by atoms with Crippen LogP contribution in [0.5, 0.6) is 0 Å². The molecule has 0 N–H and O–H groups in total. The van der Waals surface area contributed by atoms with E-state index < -0.39 is 0 Å². The Balaban J connectivity index is 1.25. The first kappa shape index (κ1) is 27.8. The van der Waals surface area contributed by atoms with Crippen molar-refractivity contribution < 1.29 is 0 Å². The Kier molecular flexibility index (Phi) is 6.41. The normalized spacial score (nSPS) is 11.8. The zero-order valence-electron chi connectivity index (χ0n) is 26.2. The quantitative estimate of drug-likeness (QED) is 0.175. The third-order valence-electron chi connectivity index (χ3n) is 9.23. The van der Waals surface area contributed by atoms with Gasteiger partial charge in [-0.1, -0.05) is 122 Å². The van der Waals surface area contributed by atoms with E-state index in [1.165, 1.54) is 10.8 Å². The van der Waals surface area contributed by atoms with Crippen molar-refractivity contribution in [3.63, 3.8) is 0 Å². The summed E-state index contributed by atoms with van der Waals surface area (Å²) in [5.41, 5.74) is 10.5. The molecule has 0 unspecified atom stereocenters. The minimum atomic E-state index is 0.659. The number of fused-ring (bicyclic) bond motifs is 7. The summed E-state index contributed by atoms with van der Waals surface area (Å²) in [4.78, 5) is 10.3. The molecule has 0 aliphatic heterocycles. The maximum Gasteiger partial charge on any atom is 0.235 e. The van der Waals surface area contributed by atoms with Gasteiger partial charge in [0.1, 0.15) is 0 Å². The Hall–Kier alpha value is -6.52. The zero-order chi connectivity index (χ0) is 32.2. The van der Waals surface area contributed by atoms with Crippen molar-refractivity contribution in [2.45, 2.75) is 0 Å². The number of benzene rings is 6. The van der Waals surface area contributed by atoms with Crippen LogP contribution in [0.15, 0.2) is 171 Å². The van der Waals surface area contributed by atoms with Gasteiger partial charge in [0.05, 0.1) is 33.3 Å². The standard InChI is InChI=1S/C44H30N4/c1-3-4-14-29(2)47-39-21-12-9-17-33(39)36-27-31(23-25-41(36)47)32-24-26-42-37(28-32)34-18-10-13-22-40(34)48(42)44-45-38-20-11-8-19-35(38)43(46-44)30-15-6-5-7-16-30/h3-28H,1-2H2/b14-4-. The lowest BCUT2D eigenvalue weighted by Crippen LogP contribution is -2.03. The molecule has 9 rings (SSSR count). The van der Waals surface area contributed by atoms with E-state index in [0.29, 0.717) is 5.95 Å². The number of allylic oxidation sites excluding steroid dienone is 4. The van der Waals surface area contributed by atoms with Gasteiger partial charge in [0.15, 0.2) is 0 Å². The van der Waals surface area contributed by atoms with Gasteiger partial charge in [-0.15, -0.1) is 0 Å². The second-order valence-electron chi connectivity index (χ2n) is 12.0. The van der Waals surface area contributed by atoms with Crippen LogP contribution in [0.25, 0.3) is 88.5 Å². The summed E-state index contributed by atoms with van der Waals surface area (Å²) in [7, 11) is 0. The second-order valence-corrected chi connectivity index (χ2v) is 12.0. The average Bonchev–Trinajstić information content (AvgIpc) is 3.66. The van der Waals surface area contributed by atoms with E-state index in [1.807, 2.05) is 30.4 Å². The first-order chi connectivity index (χ1) is 23.7. The second kappa shape index (κ2) is 11.1. The number of para-hydroxylation sites is 3. The zero-order valence-corrected chi connectivity index (χ0v) is 26.2. The van der Waals surface area contributed by atoms with Crippen molar-refractivity contribution in [2.75, 3.05) is 0 Å². The SMILES string of the molecule is C=C/C=C\C(=C)n1c2ccccc2c2cc(-c3ccc4c(c3)c3ccccc3n4-c3nc(-c4ccccc4)c4ccccc4n3)ccc21. The Morgan fingerprint density at radius 2 is 1.08 bits per heavy atom. The van der Waals surface area contributed by atoms with Gasteiger partial charge < -0.3 is 4.57 Å². The van der Waals surface area contributed by atoms with Crippen LogP contribution in [-0.2, 0) is 0 Å². The molecule has 48 heavy (non-hydrogen) atoms. The molecule has 0 aliphatic carbocycles. The molecule has 6 aromatic carbocycles. The van der Waals surface area contributed by atoms with Gasteiger partial charge in [0, 0.05) is 38.2 Å². The molecule has 3 aromatic heterocycles. The topological polar surface area (TPSA) is 35.6 Å². The maximum atomic E-state index is 5.22. The Morgan fingerprint density at radius 1 is 0.521 bits per heavy atom. The highest BCUT2D eigenvalue weighted by Gasteiger charge is 2.18. The molecule has 0 spiro atoms. The Morgan fingerprint density at radius 3 is 1.83 bits per heavy atom. The van der Waals surface area contributed by atoms with Gasteiger partial charge in [0.2, 0.25) is 5.95 Å². The lowest BCUT2D eigenvalue weighted by molar-refractivity contribution is 1.01. The third kappa shape index (κ3) is 4.31. The summed E-state index contributed by atoms with van der Waals surface area (Å²) in [5, 5.41) is 5.74. The van der Waals surface area contributed by atoms with E-state index in [0.717, 1.165) is 71.8 Å². The van der Waals surface area contributed by atoms with Gasteiger partial charge in [-0.2, -0.15) is 0 Å². The van der Waals surface area contributed by atoms with E-state index >= 15 is 0 Å². The predicted octanol–water partition coefficient (Wildman–Crippen LogP) is 11.4. The molecule has 3 heterocycles.